The summed E-state index contributed by atoms with van der Waals surface area (Å²) in [6.07, 6.45) is 4.00. The molecule has 3 aromatic rings. The van der Waals surface area contributed by atoms with Gasteiger partial charge in [-0.2, -0.15) is 0 Å². The Kier molecular flexibility index (Phi) is 5.58. The summed E-state index contributed by atoms with van der Waals surface area (Å²) in [6, 6.07) is 22.5. The molecular weight excluding hydrogens is 422 g/mol. The van der Waals surface area contributed by atoms with E-state index in [4.69, 9.17) is 11.6 Å². The van der Waals surface area contributed by atoms with E-state index in [1.807, 2.05) is 53.4 Å². The highest BCUT2D eigenvalue weighted by atomic mass is 35.5. The number of nitrogens with zero attached hydrogens (tertiary/aromatic N) is 1. The summed E-state index contributed by atoms with van der Waals surface area (Å²) >= 11 is 6.18. The molecule has 0 radical (unpaired) electrons. The number of fused-ring (bicyclic) bond motifs is 1. The third-order valence-corrected chi connectivity index (χ3v) is 6.59. The molecule has 162 valence electrons. The first-order valence-electron chi connectivity index (χ1n) is 11.0. The van der Waals surface area contributed by atoms with Gasteiger partial charge in [-0.05, 0) is 54.8 Å². The number of carbonyl (C=O) groups is 2. The van der Waals surface area contributed by atoms with Gasteiger partial charge in [0.15, 0.2) is 0 Å². The van der Waals surface area contributed by atoms with Crippen molar-refractivity contribution in [2.24, 2.45) is 0 Å². The Morgan fingerprint density at radius 2 is 1.72 bits per heavy atom. The number of hydrogen-bond acceptors (Lipinski definition) is 3. The minimum Gasteiger partial charge on any atom is -0.361 e. The van der Waals surface area contributed by atoms with E-state index in [0.717, 1.165) is 36.9 Å². The Hall–Kier alpha value is -3.31. The second-order valence-corrected chi connectivity index (χ2v) is 8.71. The quantitative estimate of drug-likeness (QED) is 0.510. The van der Waals surface area contributed by atoms with Crippen LogP contribution in [0.1, 0.15) is 58.1 Å². The predicted molar refractivity (Wildman–Crippen MR) is 127 cm³/mol. The Morgan fingerprint density at radius 3 is 2.53 bits per heavy atom. The van der Waals surface area contributed by atoms with Gasteiger partial charge in [-0.15, -0.1) is 0 Å². The number of halogens is 1. The summed E-state index contributed by atoms with van der Waals surface area (Å²) in [5, 5.41) is 6.91. The minimum absolute atomic E-state index is 0.0572. The van der Waals surface area contributed by atoms with Crippen molar-refractivity contribution in [3.8, 4) is 0 Å². The van der Waals surface area contributed by atoms with Crippen molar-refractivity contribution in [2.45, 2.75) is 37.9 Å². The Morgan fingerprint density at radius 1 is 0.969 bits per heavy atom. The average molecular weight is 446 g/mol. The van der Waals surface area contributed by atoms with Gasteiger partial charge in [-0.25, -0.2) is 0 Å². The maximum absolute atomic E-state index is 13.5. The van der Waals surface area contributed by atoms with Crippen molar-refractivity contribution in [1.82, 2.24) is 4.90 Å². The lowest BCUT2D eigenvalue weighted by Crippen LogP contribution is -2.47. The molecule has 1 fully saturated rings. The number of para-hydroxylation sites is 1. The van der Waals surface area contributed by atoms with Crippen LogP contribution in [0.2, 0.25) is 5.02 Å². The van der Waals surface area contributed by atoms with E-state index in [2.05, 4.69) is 10.6 Å². The van der Waals surface area contributed by atoms with Crippen molar-refractivity contribution < 1.29 is 9.59 Å². The number of anilines is 2. The average Bonchev–Trinajstić information content (AvgIpc) is 3.34. The first-order valence-corrected chi connectivity index (χ1v) is 11.3. The molecule has 0 saturated heterocycles. The fourth-order valence-electron chi connectivity index (χ4n) is 4.70. The Labute approximate surface area is 192 Å². The molecule has 5 rings (SSSR count). The number of rotatable bonds is 4. The fraction of sp³-hybridized carbons (Fsp3) is 0.231. The van der Waals surface area contributed by atoms with Gasteiger partial charge >= 0.3 is 0 Å². The molecule has 1 heterocycles. The van der Waals surface area contributed by atoms with Crippen molar-refractivity contribution in [3.05, 3.63) is 94.5 Å². The molecule has 0 aromatic heterocycles. The molecule has 2 N–H and O–H groups in total. The molecule has 2 amide bonds. The van der Waals surface area contributed by atoms with Gasteiger partial charge in [0.2, 0.25) is 0 Å². The molecule has 1 saturated carbocycles. The number of amides is 2. The van der Waals surface area contributed by atoms with Crippen molar-refractivity contribution >= 4 is 34.8 Å². The summed E-state index contributed by atoms with van der Waals surface area (Å²) in [5.74, 6) is -0.208. The van der Waals surface area contributed by atoms with E-state index in [9.17, 15) is 9.59 Å². The molecule has 2 aliphatic rings. The fourth-order valence-corrected chi connectivity index (χ4v) is 4.92. The molecule has 1 aliphatic heterocycles. The molecule has 3 aromatic carbocycles. The van der Waals surface area contributed by atoms with Crippen LogP contribution in [0.25, 0.3) is 0 Å². The van der Waals surface area contributed by atoms with E-state index in [0.29, 0.717) is 21.8 Å². The van der Waals surface area contributed by atoms with Gasteiger partial charge in [0, 0.05) is 17.4 Å². The van der Waals surface area contributed by atoms with E-state index >= 15 is 0 Å². The monoisotopic (exact) mass is 445 g/mol. The van der Waals surface area contributed by atoms with Crippen LogP contribution in [-0.4, -0.2) is 22.8 Å². The highest BCUT2D eigenvalue weighted by Gasteiger charge is 2.38. The molecule has 0 bridgehead atoms. The lowest BCUT2D eigenvalue weighted by atomic mass is 10.00. The highest BCUT2D eigenvalue weighted by Crippen LogP contribution is 2.38. The Balaban J connectivity index is 1.47. The van der Waals surface area contributed by atoms with Crippen LogP contribution < -0.4 is 10.6 Å². The van der Waals surface area contributed by atoms with Crippen LogP contribution in [0, 0.1) is 0 Å². The number of carbonyl (C=O) groups excluding carboxylic acids is 2. The third-order valence-electron chi connectivity index (χ3n) is 6.26. The number of nitrogens with one attached hydrogen (secondary N) is 2. The first kappa shape index (κ1) is 20.6. The van der Waals surface area contributed by atoms with Crippen LogP contribution in [0.4, 0.5) is 11.4 Å². The summed E-state index contributed by atoms with van der Waals surface area (Å²) < 4.78 is 0. The van der Waals surface area contributed by atoms with Crippen LogP contribution in [-0.2, 0) is 0 Å². The zero-order valence-corrected chi connectivity index (χ0v) is 18.3. The van der Waals surface area contributed by atoms with Crippen LogP contribution in [0.3, 0.4) is 0 Å². The first-order chi connectivity index (χ1) is 15.6. The summed E-state index contributed by atoms with van der Waals surface area (Å²) in [6.45, 7) is 0. The maximum atomic E-state index is 13.5. The lowest BCUT2D eigenvalue weighted by Gasteiger charge is -2.41. The largest absolute Gasteiger partial charge is 0.361 e. The highest BCUT2D eigenvalue weighted by molar-refractivity contribution is 6.34. The summed E-state index contributed by atoms with van der Waals surface area (Å²) in [7, 11) is 0. The van der Waals surface area contributed by atoms with Gasteiger partial charge in [-0.3, -0.25) is 9.59 Å². The van der Waals surface area contributed by atoms with E-state index in [1.54, 1.807) is 24.3 Å². The van der Waals surface area contributed by atoms with Gasteiger partial charge in [-0.1, -0.05) is 60.8 Å². The second kappa shape index (κ2) is 8.67. The topological polar surface area (TPSA) is 61.4 Å². The standard InChI is InChI=1S/C26H24ClN3O2/c27-22-14-5-3-12-20(22)25(31)28-18-9-7-8-17(16-18)24-29-23-15-6-4-13-21(23)26(32)30(24)19-10-1-2-11-19/h3-9,12-16,19,24,29H,1-2,10-11H2,(H,28,31)/t24-/m0/s1. The van der Waals surface area contributed by atoms with Crippen LogP contribution >= 0.6 is 11.6 Å². The Bertz CT molecular complexity index is 1170. The molecule has 32 heavy (non-hydrogen) atoms. The second-order valence-electron chi connectivity index (χ2n) is 8.30. The van der Waals surface area contributed by atoms with Crippen molar-refractivity contribution in [3.63, 3.8) is 0 Å². The number of benzene rings is 3. The molecule has 0 spiro atoms. The lowest BCUT2D eigenvalue weighted by molar-refractivity contribution is 0.0584. The van der Waals surface area contributed by atoms with Gasteiger partial charge in [0.1, 0.15) is 6.17 Å². The van der Waals surface area contributed by atoms with Crippen molar-refractivity contribution in [2.75, 3.05) is 10.6 Å². The molecule has 1 aliphatic carbocycles. The molecular formula is C26H24ClN3O2. The predicted octanol–water partition coefficient (Wildman–Crippen LogP) is 6.10. The summed E-state index contributed by atoms with van der Waals surface area (Å²) in [4.78, 5) is 28.2. The van der Waals surface area contributed by atoms with Gasteiger partial charge < -0.3 is 15.5 Å². The zero-order chi connectivity index (χ0) is 22.1. The van der Waals surface area contributed by atoms with Crippen molar-refractivity contribution in [1.29, 1.82) is 0 Å². The zero-order valence-electron chi connectivity index (χ0n) is 17.6. The maximum Gasteiger partial charge on any atom is 0.258 e. The SMILES string of the molecule is O=C(Nc1cccc([C@H]2Nc3ccccc3C(=O)N2C2CCCC2)c1)c1ccccc1Cl. The molecule has 0 unspecified atom stereocenters. The van der Waals surface area contributed by atoms with E-state index < -0.39 is 0 Å². The van der Waals surface area contributed by atoms with E-state index in [1.165, 1.54) is 0 Å². The molecule has 6 heteroatoms. The molecule has 1 atom stereocenters. The van der Waals surface area contributed by atoms with Crippen LogP contribution in [0.5, 0.6) is 0 Å². The smallest absolute Gasteiger partial charge is 0.258 e. The van der Waals surface area contributed by atoms with Gasteiger partial charge in [0.05, 0.1) is 16.1 Å². The van der Waals surface area contributed by atoms with Gasteiger partial charge in [0.25, 0.3) is 11.8 Å². The van der Waals surface area contributed by atoms with Crippen LogP contribution in [0.15, 0.2) is 72.8 Å². The normalized spacial score (nSPS) is 18.2. The minimum atomic E-state index is -0.294. The number of hydrogen-bond donors (Lipinski definition) is 2. The third kappa shape index (κ3) is 3.84. The van der Waals surface area contributed by atoms with E-state index in [-0.39, 0.29) is 24.0 Å². The summed E-state index contributed by atoms with van der Waals surface area (Å²) in [5.41, 5.74) is 3.55. The molecule has 5 nitrogen and oxygen atoms in total.